The van der Waals surface area contributed by atoms with E-state index in [1.54, 1.807) is 0 Å². The Kier molecular flexibility index (Phi) is 7.23. The topological polar surface area (TPSA) is 44.9 Å². The van der Waals surface area contributed by atoms with Crippen LogP contribution in [0.5, 0.6) is 11.5 Å². The summed E-state index contributed by atoms with van der Waals surface area (Å²) in [4.78, 5) is 4.71. The molecule has 0 saturated carbocycles. The van der Waals surface area contributed by atoms with Crippen LogP contribution in [-0.2, 0) is 19.3 Å². The lowest BCUT2D eigenvalue weighted by Crippen LogP contribution is -1.98. The molecular formula is C39H36N4O. The van der Waals surface area contributed by atoms with Gasteiger partial charge in [-0.2, -0.15) is 5.10 Å². The van der Waals surface area contributed by atoms with Crippen LogP contribution in [0.15, 0.2) is 110 Å². The third-order valence-electron chi connectivity index (χ3n) is 8.50. The maximum absolute atomic E-state index is 6.47. The van der Waals surface area contributed by atoms with E-state index in [0.717, 1.165) is 58.9 Å². The molecule has 7 rings (SSSR count). The molecule has 0 aliphatic rings. The van der Waals surface area contributed by atoms with Crippen LogP contribution in [0.2, 0.25) is 0 Å². The summed E-state index contributed by atoms with van der Waals surface area (Å²) in [5.74, 6) is 2.42. The Morgan fingerprint density at radius 2 is 1.48 bits per heavy atom. The van der Waals surface area contributed by atoms with Crippen LogP contribution >= 0.6 is 0 Å². The smallest absolute Gasteiger partial charge is 0.137 e. The molecule has 0 aliphatic heterocycles. The number of aryl methyl sites for hydroxylation is 4. The molecule has 0 N–H and O–H groups in total. The van der Waals surface area contributed by atoms with E-state index >= 15 is 0 Å². The van der Waals surface area contributed by atoms with Crippen molar-refractivity contribution in [1.29, 1.82) is 0 Å². The number of rotatable bonds is 8. The molecule has 0 aliphatic carbocycles. The van der Waals surface area contributed by atoms with E-state index < -0.39 is 0 Å². The molecule has 0 radical (unpaired) electrons. The first-order valence-electron chi connectivity index (χ1n) is 15.5. The fourth-order valence-electron chi connectivity index (χ4n) is 6.29. The van der Waals surface area contributed by atoms with Gasteiger partial charge in [0, 0.05) is 40.9 Å². The van der Waals surface area contributed by atoms with Crippen molar-refractivity contribution in [3.8, 4) is 34.1 Å². The van der Waals surface area contributed by atoms with Crippen molar-refractivity contribution < 1.29 is 4.74 Å². The molecule has 0 unspecified atom stereocenters. The highest BCUT2D eigenvalue weighted by molar-refractivity contribution is 6.09. The maximum Gasteiger partial charge on any atom is 0.137 e. The fourth-order valence-corrected chi connectivity index (χ4v) is 6.29. The highest BCUT2D eigenvalue weighted by Gasteiger charge is 2.16. The molecule has 0 atom stereocenters. The van der Waals surface area contributed by atoms with Gasteiger partial charge in [-0.1, -0.05) is 57.2 Å². The zero-order chi connectivity index (χ0) is 30.2. The number of ether oxygens (including phenoxy) is 1. The largest absolute Gasteiger partial charge is 0.457 e. The predicted octanol–water partition coefficient (Wildman–Crippen LogP) is 9.82. The number of para-hydroxylation sites is 1. The van der Waals surface area contributed by atoms with Crippen LogP contribution in [0.3, 0.4) is 0 Å². The molecule has 0 spiro atoms. The average molecular weight is 577 g/mol. The van der Waals surface area contributed by atoms with E-state index in [0.29, 0.717) is 0 Å². The SMILES string of the molecule is CCc1cc(CC)c(-c2cnn(-c3cccc(Oc4ccc5c6ccccc6n(-c6cc(C)ccn6)c5c4)c3)c2)c(CC)c1. The normalized spacial score (nSPS) is 11.5. The molecule has 0 fully saturated rings. The lowest BCUT2D eigenvalue weighted by molar-refractivity contribution is 0.483. The van der Waals surface area contributed by atoms with Crippen molar-refractivity contribution in [1.82, 2.24) is 19.3 Å². The summed E-state index contributed by atoms with van der Waals surface area (Å²) in [5.41, 5.74) is 10.9. The van der Waals surface area contributed by atoms with Crippen LogP contribution in [0.1, 0.15) is 43.0 Å². The number of pyridine rings is 1. The number of benzene rings is 4. The Morgan fingerprint density at radius 1 is 0.705 bits per heavy atom. The van der Waals surface area contributed by atoms with Crippen LogP contribution in [0.4, 0.5) is 0 Å². The molecule has 3 heterocycles. The van der Waals surface area contributed by atoms with Gasteiger partial charge in [-0.15, -0.1) is 0 Å². The standard InChI is InChI=1S/C39H36N4O/c1-5-27-20-28(6-2)39(29(7-3)21-27)30-24-41-42(25-30)31-11-10-12-32(22-31)44-33-15-16-35-34-13-8-9-14-36(34)43(37(35)23-33)38-19-26(4)17-18-40-38/h8-25H,5-7H2,1-4H3. The number of hydrogen-bond acceptors (Lipinski definition) is 3. The van der Waals surface area contributed by atoms with Gasteiger partial charge in [0.1, 0.15) is 17.3 Å². The van der Waals surface area contributed by atoms with E-state index in [9.17, 15) is 0 Å². The van der Waals surface area contributed by atoms with Crippen LogP contribution in [0, 0.1) is 6.92 Å². The van der Waals surface area contributed by atoms with Gasteiger partial charge in [-0.3, -0.25) is 4.57 Å². The minimum Gasteiger partial charge on any atom is -0.457 e. The van der Waals surface area contributed by atoms with Crippen molar-refractivity contribution >= 4 is 21.8 Å². The average Bonchev–Trinajstić information content (AvgIpc) is 3.67. The zero-order valence-corrected chi connectivity index (χ0v) is 25.7. The van der Waals surface area contributed by atoms with E-state index in [-0.39, 0.29) is 0 Å². The summed E-state index contributed by atoms with van der Waals surface area (Å²) >= 11 is 0. The summed E-state index contributed by atoms with van der Waals surface area (Å²) in [6.45, 7) is 8.78. The number of aromatic nitrogens is 4. The first kappa shape index (κ1) is 27.7. The quantitative estimate of drug-likeness (QED) is 0.181. The molecule has 3 aromatic heterocycles. The predicted molar refractivity (Wildman–Crippen MR) is 181 cm³/mol. The lowest BCUT2D eigenvalue weighted by Gasteiger charge is -2.14. The first-order valence-corrected chi connectivity index (χ1v) is 15.5. The van der Waals surface area contributed by atoms with Gasteiger partial charge >= 0.3 is 0 Å². The van der Waals surface area contributed by atoms with Crippen molar-refractivity contribution in [2.24, 2.45) is 0 Å². The van der Waals surface area contributed by atoms with Crippen molar-refractivity contribution in [2.75, 3.05) is 0 Å². The minimum atomic E-state index is 0.756. The molecular weight excluding hydrogens is 540 g/mol. The molecule has 218 valence electrons. The van der Waals surface area contributed by atoms with Crippen LogP contribution < -0.4 is 4.74 Å². The Morgan fingerprint density at radius 3 is 2.25 bits per heavy atom. The highest BCUT2D eigenvalue weighted by atomic mass is 16.5. The van der Waals surface area contributed by atoms with Crippen LogP contribution in [-0.4, -0.2) is 19.3 Å². The van der Waals surface area contributed by atoms with Gasteiger partial charge in [-0.25, -0.2) is 9.67 Å². The summed E-state index contributed by atoms with van der Waals surface area (Å²) in [6.07, 6.45) is 9.02. The molecule has 7 aromatic rings. The second-order valence-electron chi connectivity index (χ2n) is 11.3. The van der Waals surface area contributed by atoms with Gasteiger partial charge in [0.05, 0.1) is 22.9 Å². The molecule has 0 amide bonds. The number of hydrogen-bond donors (Lipinski definition) is 0. The van der Waals surface area contributed by atoms with Gasteiger partial charge < -0.3 is 4.74 Å². The molecule has 0 bridgehead atoms. The van der Waals surface area contributed by atoms with E-state index in [1.807, 2.05) is 47.4 Å². The number of nitrogens with zero attached hydrogens (tertiary/aromatic N) is 4. The first-order chi connectivity index (χ1) is 21.6. The van der Waals surface area contributed by atoms with E-state index in [4.69, 9.17) is 14.8 Å². The third-order valence-corrected chi connectivity index (χ3v) is 8.50. The minimum absolute atomic E-state index is 0.756. The molecule has 5 nitrogen and oxygen atoms in total. The third kappa shape index (κ3) is 4.94. The Balaban J connectivity index is 1.24. The summed E-state index contributed by atoms with van der Waals surface area (Å²) in [5, 5.41) is 7.13. The van der Waals surface area contributed by atoms with Gasteiger partial charge in [-0.05, 0) is 96.5 Å². The summed E-state index contributed by atoms with van der Waals surface area (Å²) in [6, 6.07) is 31.7. The second-order valence-corrected chi connectivity index (χ2v) is 11.3. The van der Waals surface area contributed by atoms with Crippen LogP contribution in [0.25, 0.3) is 44.4 Å². The number of fused-ring (bicyclic) bond motifs is 3. The Hall–Kier alpha value is -5.16. The van der Waals surface area contributed by atoms with Gasteiger partial charge in [0.15, 0.2) is 0 Å². The Bertz CT molecular complexity index is 2110. The van der Waals surface area contributed by atoms with E-state index in [2.05, 4.69) is 99.1 Å². The second kappa shape index (κ2) is 11.5. The summed E-state index contributed by atoms with van der Waals surface area (Å²) in [7, 11) is 0. The molecule has 5 heteroatoms. The highest BCUT2D eigenvalue weighted by Crippen LogP contribution is 2.36. The maximum atomic E-state index is 6.47. The van der Waals surface area contributed by atoms with E-state index in [1.165, 1.54) is 38.6 Å². The van der Waals surface area contributed by atoms with Gasteiger partial charge in [0.2, 0.25) is 0 Å². The molecule has 4 aromatic carbocycles. The summed E-state index contributed by atoms with van der Waals surface area (Å²) < 4.78 is 10.6. The van der Waals surface area contributed by atoms with Crippen molar-refractivity contribution in [2.45, 2.75) is 47.0 Å². The molecule has 44 heavy (non-hydrogen) atoms. The fraction of sp³-hybridized carbons (Fsp3) is 0.179. The van der Waals surface area contributed by atoms with Gasteiger partial charge in [0.25, 0.3) is 0 Å². The zero-order valence-electron chi connectivity index (χ0n) is 25.7. The van der Waals surface area contributed by atoms with Crippen molar-refractivity contribution in [3.63, 3.8) is 0 Å². The lowest BCUT2D eigenvalue weighted by atomic mass is 9.90. The monoisotopic (exact) mass is 576 g/mol. The molecule has 0 saturated heterocycles. The van der Waals surface area contributed by atoms with Crippen molar-refractivity contribution in [3.05, 3.63) is 132 Å². The Labute approximate surface area is 258 Å².